The van der Waals surface area contributed by atoms with E-state index in [1.165, 1.54) is 17.4 Å². The van der Waals surface area contributed by atoms with Crippen molar-refractivity contribution in [3.8, 4) is 11.3 Å². The third kappa shape index (κ3) is 7.21. The Bertz CT molecular complexity index is 958. The molecule has 0 aliphatic heterocycles. The molecule has 7 heteroatoms. The van der Waals surface area contributed by atoms with Gasteiger partial charge in [0.2, 0.25) is 0 Å². The number of thiol groups is 1. The van der Waals surface area contributed by atoms with E-state index in [2.05, 4.69) is 22.9 Å². The predicted molar refractivity (Wildman–Crippen MR) is 133 cm³/mol. The van der Waals surface area contributed by atoms with Crippen LogP contribution in [0.1, 0.15) is 50.0 Å². The first-order valence-corrected chi connectivity index (χ1v) is 11.9. The van der Waals surface area contributed by atoms with E-state index in [4.69, 9.17) is 5.73 Å². The normalized spacial score (nSPS) is 11.0. The SMILES string of the molecule is CC.Cc1sc(N)nc1-c1ccccc1C(F)(F)CCCCCNc1cccc(S)c1. The minimum absolute atomic E-state index is 0.0251. The number of nitrogens with two attached hydrogens (primary N) is 1. The van der Waals surface area contributed by atoms with Gasteiger partial charge in [0.05, 0.1) is 5.69 Å². The van der Waals surface area contributed by atoms with E-state index in [-0.39, 0.29) is 12.0 Å². The summed E-state index contributed by atoms with van der Waals surface area (Å²) >= 11 is 5.63. The van der Waals surface area contributed by atoms with Crippen LogP contribution in [0.2, 0.25) is 0 Å². The lowest BCUT2D eigenvalue weighted by Gasteiger charge is -2.20. The van der Waals surface area contributed by atoms with Gasteiger partial charge in [-0.1, -0.05) is 50.6 Å². The second-order valence-corrected chi connectivity index (χ2v) is 8.75. The fourth-order valence-electron chi connectivity index (χ4n) is 3.31. The van der Waals surface area contributed by atoms with Crippen LogP contribution >= 0.6 is 24.0 Å². The zero-order valence-electron chi connectivity index (χ0n) is 18.3. The highest BCUT2D eigenvalue weighted by molar-refractivity contribution is 7.80. The molecule has 0 aliphatic rings. The molecule has 0 saturated carbocycles. The smallest absolute Gasteiger partial charge is 0.273 e. The van der Waals surface area contributed by atoms with Crippen LogP contribution in [0.25, 0.3) is 11.3 Å². The van der Waals surface area contributed by atoms with Gasteiger partial charge in [-0.3, -0.25) is 0 Å². The van der Waals surface area contributed by atoms with Crippen LogP contribution in [0.5, 0.6) is 0 Å². The van der Waals surface area contributed by atoms with Crippen LogP contribution in [0.4, 0.5) is 19.6 Å². The van der Waals surface area contributed by atoms with Gasteiger partial charge in [-0.15, -0.1) is 24.0 Å². The van der Waals surface area contributed by atoms with Gasteiger partial charge < -0.3 is 11.1 Å². The molecule has 0 unspecified atom stereocenters. The van der Waals surface area contributed by atoms with Crippen molar-refractivity contribution in [2.24, 2.45) is 0 Å². The lowest BCUT2D eigenvalue weighted by Crippen LogP contribution is -2.15. The Balaban J connectivity index is 0.00000166. The fraction of sp³-hybridized carbons (Fsp3) is 0.375. The summed E-state index contributed by atoms with van der Waals surface area (Å²) in [5.41, 5.74) is 7.81. The predicted octanol–water partition coefficient (Wildman–Crippen LogP) is 7.78. The van der Waals surface area contributed by atoms with Crippen molar-refractivity contribution in [1.29, 1.82) is 0 Å². The number of thiazole rings is 1. The van der Waals surface area contributed by atoms with Crippen molar-refractivity contribution in [1.82, 2.24) is 4.98 Å². The molecular formula is C24H31F2N3S2. The number of nitrogen functional groups attached to an aromatic ring is 1. The summed E-state index contributed by atoms with van der Waals surface area (Å²) in [6.45, 7) is 6.60. The standard InChI is InChI=1S/C22H25F2N3S2.C2H6/c1-15-20(27-21(25)29-15)18-10-3-4-11-19(18)22(23,24)12-5-2-6-13-26-16-8-7-9-17(28)14-16;1-2/h3-4,7-11,14,26,28H,2,5-6,12-13H2,1H3,(H2,25,27);1-2H3. The molecule has 0 spiro atoms. The van der Waals surface area contributed by atoms with Crippen molar-refractivity contribution in [2.75, 3.05) is 17.6 Å². The number of aromatic nitrogens is 1. The third-order valence-electron chi connectivity index (χ3n) is 4.73. The van der Waals surface area contributed by atoms with Gasteiger partial charge >= 0.3 is 0 Å². The van der Waals surface area contributed by atoms with Gasteiger partial charge in [0.1, 0.15) is 0 Å². The molecule has 0 aliphatic carbocycles. The Morgan fingerprint density at radius 2 is 1.81 bits per heavy atom. The topological polar surface area (TPSA) is 50.9 Å². The number of hydrogen-bond donors (Lipinski definition) is 3. The van der Waals surface area contributed by atoms with Crippen LogP contribution < -0.4 is 11.1 Å². The Labute approximate surface area is 193 Å². The average Bonchev–Trinajstić information content (AvgIpc) is 3.10. The number of unbranched alkanes of at least 4 members (excludes halogenated alkanes) is 2. The zero-order valence-corrected chi connectivity index (χ0v) is 20.0. The molecule has 1 aromatic heterocycles. The number of alkyl halides is 2. The first kappa shape index (κ1) is 25.1. The minimum atomic E-state index is -2.91. The number of nitrogens with zero attached hydrogens (tertiary/aromatic N) is 1. The molecular weight excluding hydrogens is 432 g/mol. The summed E-state index contributed by atoms with van der Waals surface area (Å²) in [6.07, 6.45) is 1.83. The largest absolute Gasteiger partial charge is 0.385 e. The Morgan fingerprint density at radius 3 is 2.48 bits per heavy atom. The molecule has 0 fully saturated rings. The second-order valence-electron chi connectivity index (χ2n) is 6.99. The first-order valence-electron chi connectivity index (χ1n) is 10.6. The molecule has 0 radical (unpaired) electrons. The van der Waals surface area contributed by atoms with E-state index in [9.17, 15) is 8.78 Å². The van der Waals surface area contributed by atoms with Gasteiger partial charge in [0.25, 0.3) is 5.92 Å². The molecule has 168 valence electrons. The molecule has 3 rings (SSSR count). The first-order chi connectivity index (χ1) is 14.9. The van der Waals surface area contributed by atoms with Crippen molar-refractivity contribution in [2.45, 2.75) is 57.3 Å². The van der Waals surface area contributed by atoms with Gasteiger partial charge in [-0.25, -0.2) is 13.8 Å². The van der Waals surface area contributed by atoms with E-state index >= 15 is 0 Å². The molecule has 0 atom stereocenters. The highest BCUT2D eigenvalue weighted by Crippen LogP contribution is 2.41. The van der Waals surface area contributed by atoms with Crippen molar-refractivity contribution < 1.29 is 8.78 Å². The second kappa shape index (κ2) is 12.1. The molecule has 31 heavy (non-hydrogen) atoms. The van der Waals surface area contributed by atoms with E-state index in [0.717, 1.165) is 34.8 Å². The summed E-state index contributed by atoms with van der Waals surface area (Å²) in [4.78, 5) is 6.00. The monoisotopic (exact) mass is 463 g/mol. The third-order valence-corrected chi connectivity index (χ3v) is 5.81. The van der Waals surface area contributed by atoms with E-state index in [1.54, 1.807) is 18.2 Å². The Morgan fingerprint density at radius 1 is 1.06 bits per heavy atom. The van der Waals surface area contributed by atoms with Crippen molar-refractivity contribution in [3.63, 3.8) is 0 Å². The summed E-state index contributed by atoms with van der Waals surface area (Å²) in [5.74, 6) is -2.91. The molecule has 3 N–H and O–H groups in total. The summed E-state index contributed by atoms with van der Waals surface area (Å²) in [7, 11) is 0. The maximum absolute atomic E-state index is 15.0. The molecule has 0 saturated heterocycles. The van der Waals surface area contributed by atoms with Crippen LogP contribution in [0.3, 0.4) is 0 Å². The highest BCUT2D eigenvalue weighted by Gasteiger charge is 2.34. The van der Waals surface area contributed by atoms with E-state index in [0.29, 0.717) is 22.8 Å². The number of nitrogens with one attached hydrogen (secondary N) is 1. The molecule has 2 aromatic carbocycles. The van der Waals surface area contributed by atoms with Gasteiger partial charge in [-0.2, -0.15) is 0 Å². The number of aryl methyl sites for hydroxylation is 1. The minimum Gasteiger partial charge on any atom is -0.385 e. The van der Waals surface area contributed by atoms with Crippen LogP contribution in [0, 0.1) is 6.92 Å². The number of hydrogen-bond acceptors (Lipinski definition) is 5. The molecule has 0 bridgehead atoms. The van der Waals surface area contributed by atoms with Crippen LogP contribution in [-0.2, 0) is 5.92 Å². The summed E-state index contributed by atoms with van der Waals surface area (Å²) in [6, 6.07) is 14.4. The summed E-state index contributed by atoms with van der Waals surface area (Å²) in [5, 5.41) is 3.69. The molecule has 0 amide bonds. The average molecular weight is 464 g/mol. The Hall–Kier alpha value is -2.12. The highest BCUT2D eigenvalue weighted by atomic mass is 32.1. The van der Waals surface area contributed by atoms with E-state index in [1.807, 2.05) is 45.0 Å². The Kier molecular flexibility index (Phi) is 9.78. The molecule has 1 heterocycles. The number of anilines is 2. The lowest BCUT2D eigenvalue weighted by molar-refractivity contribution is -0.0151. The van der Waals surface area contributed by atoms with Crippen LogP contribution in [-0.4, -0.2) is 11.5 Å². The molecule has 3 nitrogen and oxygen atoms in total. The lowest BCUT2D eigenvalue weighted by atomic mass is 9.95. The maximum atomic E-state index is 15.0. The maximum Gasteiger partial charge on any atom is 0.273 e. The quantitative estimate of drug-likeness (QED) is 0.224. The van der Waals surface area contributed by atoms with Crippen molar-refractivity contribution >= 4 is 34.8 Å². The van der Waals surface area contributed by atoms with Crippen LogP contribution in [0.15, 0.2) is 53.4 Å². The summed E-state index contributed by atoms with van der Waals surface area (Å²) < 4.78 is 30.0. The van der Waals surface area contributed by atoms with Gasteiger partial charge in [0.15, 0.2) is 5.13 Å². The number of halogens is 2. The van der Waals surface area contributed by atoms with Gasteiger partial charge in [-0.05, 0) is 38.0 Å². The number of rotatable bonds is 9. The van der Waals surface area contributed by atoms with Crippen molar-refractivity contribution in [3.05, 3.63) is 59.0 Å². The zero-order chi connectivity index (χ0) is 22.9. The van der Waals surface area contributed by atoms with Gasteiger partial charge in [0, 0.05) is 39.6 Å². The van der Waals surface area contributed by atoms with E-state index < -0.39 is 5.92 Å². The number of benzene rings is 2. The fourth-order valence-corrected chi connectivity index (χ4v) is 4.24. The molecule has 3 aromatic rings.